The van der Waals surface area contributed by atoms with Crippen molar-refractivity contribution in [3.05, 3.63) is 0 Å². The highest BCUT2D eigenvalue weighted by atomic mass is 15.2. The fourth-order valence-corrected chi connectivity index (χ4v) is 3.25. The highest BCUT2D eigenvalue weighted by Crippen LogP contribution is 2.10. The number of nitrogens with zero attached hydrogens (tertiary/aromatic N) is 3. The summed E-state index contributed by atoms with van der Waals surface area (Å²) in [5, 5.41) is 0. The second-order valence-corrected chi connectivity index (χ2v) is 6.25. The van der Waals surface area contributed by atoms with Crippen LogP contribution in [0.3, 0.4) is 0 Å². The van der Waals surface area contributed by atoms with Gasteiger partial charge in [0.05, 0.1) is 0 Å². The SMILES string of the molecule is NC(=NCCCN1CCCCCC1)N1CCCCCC1. The van der Waals surface area contributed by atoms with Gasteiger partial charge in [-0.2, -0.15) is 0 Å². The molecule has 0 aromatic rings. The van der Waals surface area contributed by atoms with E-state index in [0.29, 0.717) is 0 Å². The molecule has 0 atom stereocenters. The Morgan fingerprint density at radius 2 is 1.35 bits per heavy atom. The molecule has 2 aliphatic rings. The van der Waals surface area contributed by atoms with Crippen molar-refractivity contribution >= 4 is 5.96 Å². The van der Waals surface area contributed by atoms with Crippen LogP contribution >= 0.6 is 0 Å². The maximum atomic E-state index is 6.12. The summed E-state index contributed by atoms with van der Waals surface area (Å²) < 4.78 is 0. The van der Waals surface area contributed by atoms with Crippen LogP contribution in [0, 0.1) is 0 Å². The Balaban J connectivity index is 1.63. The molecule has 2 saturated heterocycles. The first kappa shape index (κ1) is 15.6. The largest absolute Gasteiger partial charge is 0.370 e. The summed E-state index contributed by atoms with van der Waals surface area (Å²) in [6.07, 6.45) is 11.9. The van der Waals surface area contributed by atoms with Crippen LogP contribution in [0.5, 0.6) is 0 Å². The van der Waals surface area contributed by atoms with Crippen LogP contribution in [-0.2, 0) is 0 Å². The van der Waals surface area contributed by atoms with Gasteiger partial charge in [-0.15, -0.1) is 0 Å². The van der Waals surface area contributed by atoms with Crippen molar-refractivity contribution in [3.8, 4) is 0 Å². The minimum absolute atomic E-state index is 0.780. The Labute approximate surface area is 124 Å². The van der Waals surface area contributed by atoms with Crippen molar-refractivity contribution < 1.29 is 0 Å². The number of nitrogens with two attached hydrogens (primary N) is 1. The smallest absolute Gasteiger partial charge is 0.191 e. The van der Waals surface area contributed by atoms with E-state index in [0.717, 1.165) is 32.0 Å². The lowest BCUT2D eigenvalue weighted by Gasteiger charge is -2.22. The summed E-state index contributed by atoms with van der Waals surface area (Å²) in [4.78, 5) is 9.47. The molecule has 0 aromatic carbocycles. The highest BCUT2D eigenvalue weighted by molar-refractivity contribution is 5.78. The van der Waals surface area contributed by atoms with Gasteiger partial charge >= 0.3 is 0 Å². The van der Waals surface area contributed by atoms with Gasteiger partial charge in [-0.1, -0.05) is 25.7 Å². The molecule has 20 heavy (non-hydrogen) atoms. The van der Waals surface area contributed by atoms with E-state index in [1.165, 1.54) is 71.0 Å². The fourth-order valence-electron chi connectivity index (χ4n) is 3.25. The number of rotatable bonds is 4. The standard InChI is InChI=1S/C16H32N4/c17-16(20-14-7-3-4-8-15-20)18-10-9-13-19-11-5-1-2-6-12-19/h1-15H2,(H2,17,18). The molecule has 116 valence electrons. The van der Waals surface area contributed by atoms with E-state index >= 15 is 0 Å². The molecule has 2 aliphatic heterocycles. The number of hydrogen-bond acceptors (Lipinski definition) is 2. The first-order valence-corrected chi connectivity index (χ1v) is 8.63. The molecule has 2 rings (SSSR count). The van der Waals surface area contributed by atoms with Crippen molar-refractivity contribution in [1.29, 1.82) is 0 Å². The van der Waals surface area contributed by atoms with Crippen molar-refractivity contribution in [2.45, 2.75) is 57.8 Å². The van der Waals surface area contributed by atoms with Gasteiger partial charge in [0.2, 0.25) is 0 Å². The predicted molar refractivity (Wildman–Crippen MR) is 86.1 cm³/mol. The van der Waals surface area contributed by atoms with Crippen LogP contribution in [0.2, 0.25) is 0 Å². The lowest BCUT2D eigenvalue weighted by atomic mass is 10.2. The monoisotopic (exact) mass is 280 g/mol. The van der Waals surface area contributed by atoms with E-state index in [2.05, 4.69) is 14.8 Å². The average Bonchev–Trinajstić information content (AvgIpc) is 2.88. The van der Waals surface area contributed by atoms with Crippen LogP contribution in [-0.4, -0.2) is 55.0 Å². The van der Waals surface area contributed by atoms with E-state index < -0.39 is 0 Å². The van der Waals surface area contributed by atoms with Gasteiger partial charge in [0.15, 0.2) is 5.96 Å². The van der Waals surface area contributed by atoms with Gasteiger partial charge in [0, 0.05) is 19.6 Å². The van der Waals surface area contributed by atoms with Crippen molar-refractivity contribution in [1.82, 2.24) is 9.80 Å². The number of aliphatic imine (C=N–C) groups is 1. The lowest BCUT2D eigenvalue weighted by molar-refractivity contribution is 0.283. The highest BCUT2D eigenvalue weighted by Gasteiger charge is 2.11. The Morgan fingerprint density at radius 3 is 1.95 bits per heavy atom. The molecular formula is C16H32N4. The van der Waals surface area contributed by atoms with Crippen molar-refractivity contribution in [3.63, 3.8) is 0 Å². The Hall–Kier alpha value is -0.770. The zero-order valence-corrected chi connectivity index (χ0v) is 13.0. The zero-order chi connectivity index (χ0) is 14.0. The molecule has 2 heterocycles. The summed E-state index contributed by atoms with van der Waals surface area (Å²) >= 11 is 0. The molecule has 0 amide bonds. The molecule has 0 saturated carbocycles. The van der Waals surface area contributed by atoms with E-state index in [9.17, 15) is 0 Å². The van der Waals surface area contributed by atoms with Gasteiger partial charge in [-0.05, 0) is 51.7 Å². The topological polar surface area (TPSA) is 44.9 Å². The third-order valence-corrected chi connectivity index (χ3v) is 4.53. The zero-order valence-electron chi connectivity index (χ0n) is 13.0. The van der Waals surface area contributed by atoms with Crippen LogP contribution < -0.4 is 5.73 Å². The van der Waals surface area contributed by atoms with Crippen LogP contribution in [0.1, 0.15) is 57.8 Å². The quantitative estimate of drug-likeness (QED) is 0.489. The van der Waals surface area contributed by atoms with E-state index in [-0.39, 0.29) is 0 Å². The summed E-state index contributed by atoms with van der Waals surface area (Å²) in [7, 11) is 0. The maximum Gasteiger partial charge on any atom is 0.191 e. The second kappa shape index (κ2) is 9.22. The summed E-state index contributed by atoms with van der Waals surface area (Å²) in [5.74, 6) is 0.780. The van der Waals surface area contributed by atoms with Crippen LogP contribution in [0.15, 0.2) is 4.99 Å². The Kier molecular flexibility index (Phi) is 7.20. The van der Waals surface area contributed by atoms with E-state index in [1.54, 1.807) is 0 Å². The molecule has 0 radical (unpaired) electrons. The van der Waals surface area contributed by atoms with Gasteiger partial charge in [0.25, 0.3) is 0 Å². The predicted octanol–water partition coefficient (Wildman–Crippen LogP) is 2.44. The van der Waals surface area contributed by atoms with Crippen molar-refractivity contribution in [2.75, 3.05) is 39.3 Å². The van der Waals surface area contributed by atoms with E-state index in [1.807, 2.05) is 0 Å². The van der Waals surface area contributed by atoms with Gasteiger partial charge in [-0.3, -0.25) is 4.99 Å². The molecule has 4 heteroatoms. The minimum atomic E-state index is 0.780. The number of guanidine groups is 1. The molecule has 0 aliphatic carbocycles. The molecular weight excluding hydrogens is 248 g/mol. The number of hydrogen-bond donors (Lipinski definition) is 1. The van der Waals surface area contributed by atoms with Gasteiger partial charge in [-0.25, -0.2) is 0 Å². The molecule has 0 aromatic heterocycles. The minimum Gasteiger partial charge on any atom is -0.370 e. The molecule has 2 fully saturated rings. The lowest BCUT2D eigenvalue weighted by Crippen LogP contribution is -2.38. The third-order valence-electron chi connectivity index (χ3n) is 4.53. The maximum absolute atomic E-state index is 6.12. The molecule has 4 nitrogen and oxygen atoms in total. The summed E-state index contributed by atoms with van der Waals surface area (Å²) in [6.45, 7) is 6.84. The van der Waals surface area contributed by atoms with E-state index in [4.69, 9.17) is 5.73 Å². The fraction of sp³-hybridized carbons (Fsp3) is 0.938. The Bertz CT molecular complexity index is 274. The van der Waals surface area contributed by atoms with Crippen molar-refractivity contribution in [2.24, 2.45) is 10.7 Å². The molecule has 2 N–H and O–H groups in total. The van der Waals surface area contributed by atoms with Crippen LogP contribution in [0.25, 0.3) is 0 Å². The molecule has 0 bridgehead atoms. The normalized spacial score (nSPS) is 23.4. The summed E-state index contributed by atoms with van der Waals surface area (Å²) in [5.41, 5.74) is 6.12. The van der Waals surface area contributed by atoms with Crippen LogP contribution in [0.4, 0.5) is 0 Å². The first-order chi connectivity index (χ1) is 9.86. The number of likely N-dealkylation sites (tertiary alicyclic amines) is 2. The second-order valence-electron chi connectivity index (χ2n) is 6.25. The third kappa shape index (κ3) is 5.70. The summed E-state index contributed by atoms with van der Waals surface area (Å²) in [6, 6.07) is 0. The molecule has 0 spiro atoms. The molecule has 0 unspecified atom stereocenters. The van der Waals surface area contributed by atoms with Gasteiger partial charge in [0.1, 0.15) is 0 Å². The first-order valence-electron chi connectivity index (χ1n) is 8.63. The van der Waals surface area contributed by atoms with Gasteiger partial charge < -0.3 is 15.5 Å². The average molecular weight is 280 g/mol. The Morgan fingerprint density at radius 1 is 0.800 bits per heavy atom.